The minimum absolute atomic E-state index is 0.0496. The molecule has 0 saturated carbocycles. The summed E-state index contributed by atoms with van der Waals surface area (Å²) in [4.78, 5) is 25.5. The molecule has 1 aromatic rings. The van der Waals surface area contributed by atoms with Gasteiger partial charge in [-0.15, -0.1) is 0 Å². The Morgan fingerprint density at radius 2 is 1.70 bits per heavy atom. The van der Waals surface area contributed by atoms with E-state index in [1.807, 2.05) is 58.9 Å². The lowest BCUT2D eigenvalue weighted by Gasteiger charge is -2.26. The highest BCUT2D eigenvalue weighted by molar-refractivity contribution is 5.95. The number of anilines is 1. The van der Waals surface area contributed by atoms with Gasteiger partial charge in [0.1, 0.15) is 0 Å². The zero-order valence-corrected chi connectivity index (χ0v) is 15.0. The van der Waals surface area contributed by atoms with Gasteiger partial charge < -0.3 is 16.0 Å². The van der Waals surface area contributed by atoms with E-state index in [4.69, 9.17) is 5.73 Å². The smallest absolute Gasteiger partial charge is 0.241 e. The molecule has 0 aliphatic heterocycles. The molecule has 0 bridgehead atoms. The van der Waals surface area contributed by atoms with Crippen LogP contribution >= 0.6 is 0 Å². The van der Waals surface area contributed by atoms with Crippen LogP contribution in [0.3, 0.4) is 0 Å². The van der Waals surface area contributed by atoms with Crippen molar-refractivity contribution >= 4 is 17.5 Å². The van der Waals surface area contributed by atoms with E-state index in [0.717, 1.165) is 5.56 Å². The fourth-order valence-corrected chi connectivity index (χ4v) is 2.16. The van der Waals surface area contributed by atoms with Crippen LogP contribution in [-0.2, 0) is 16.1 Å². The summed E-state index contributed by atoms with van der Waals surface area (Å²) in [5.74, 6) is -0.147. The van der Waals surface area contributed by atoms with Gasteiger partial charge in [-0.2, -0.15) is 0 Å². The lowest BCUT2D eigenvalue weighted by Crippen LogP contribution is -2.45. The number of carbonyl (C=O) groups excluding carboxylic acids is 2. The van der Waals surface area contributed by atoms with Gasteiger partial charge in [0.2, 0.25) is 11.8 Å². The summed E-state index contributed by atoms with van der Waals surface area (Å²) in [5, 5.41) is 2.83. The SMILES string of the molecule is CC(=O)N(Cc1ccc(NC(=O)[C@@H](N)C(C)(C)C)cc1)C(C)C. The molecule has 5 heteroatoms. The lowest BCUT2D eigenvalue weighted by molar-refractivity contribution is -0.131. The summed E-state index contributed by atoms with van der Waals surface area (Å²) < 4.78 is 0. The molecule has 23 heavy (non-hydrogen) atoms. The molecule has 0 saturated heterocycles. The number of nitrogens with zero attached hydrogens (tertiary/aromatic N) is 1. The van der Waals surface area contributed by atoms with Crippen molar-refractivity contribution in [3.8, 4) is 0 Å². The van der Waals surface area contributed by atoms with Crippen molar-refractivity contribution in [2.75, 3.05) is 5.32 Å². The van der Waals surface area contributed by atoms with E-state index < -0.39 is 6.04 Å². The molecule has 128 valence electrons. The Balaban J connectivity index is 2.74. The van der Waals surface area contributed by atoms with E-state index in [2.05, 4.69) is 5.32 Å². The van der Waals surface area contributed by atoms with Crippen LogP contribution in [0.1, 0.15) is 47.1 Å². The van der Waals surface area contributed by atoms with Crippen LogP contribution in [-0.4, -0.2) is 28.8 Å². The maximum Gasteiger partial charge on any atom is 0.241 e. The first-order valence-corrected chi connectivity index (χ1v) is 7.95. The molecule has 0 fully saturated rings. The molecular formula is C18H29N3O2. The maximum absolute atomic E-state index is 12.1. The van der Waals surface area contributed by atoms with Gasteiger partial charge in [-0.3, -0.25) is 9.59 Å². The summed E-state index contributed by atoms with van der Waals surface area (Å²) >= 11 is 0. The fraction of sp³-hybridized carbons (Fsp3) is 0.556. The highest BCUT2D eigenvalue weighted by Gasteiger charge is 2.27. The number of hydrogen-bond donors (Lipinski definition) is 2. The second kappa shape index (κ2) is 7.59. The predicted octanol–water partition coefficient (Wildman–Crippen LogP) is 2.76. The van der Waals surface area contributed by atoms with E-state index in [-0.39, 0.29) is 23.3 Å². The highest BCUT2D eigenvalue weighted by Crippen LogP contribution is 2.19. The van der Waals surface area contributed by atoms with Crippen LogP contribution in [0.2, 0.25) is 0 Å². The predicted molar refractivity (Wildman–Crippen MR) is 93.9 cm³/mol. The Morgan fingerprint density at radius 3 is 2.09 bits per heavy atom. The first-order valence-electron chi connectivity index (χ1n) is 7.95. The van der Waals surface area contributed by atoms with Crippen LogP contribution in [0.25, 0.3) is 0 Å². The molecule has 5 nitrogen and oxygen atoms in total. The average molecular weight is 319 g/mol. The minimum Gasteiger partial charge on any atom is -0.336 e. The van der Waals surface area contributed by atoms with Crippen molar-refractivity contribution in [2.45, 2.75) is 60.2 Å². The van der Waals surface area contributed by atoms with E-state index in [1.165, 1.54) is 0 Å². The van der Waals surface area contributed by atoms with Crippen molar-refractivity contribution < 1.29 is 9.59 Å². The zero-order valence-electron chi connectivity index (χ0n) is 15.0. The molecule has 2 amide bonds. The molecule has 0 radical (unpaired) electrons. The number of nitrogens with two attached hydrogens (primary N) is 1. The summed E-state index contributed by atoms with van der Waals surface area (Å²) in [5.41, 5.74) is 7.39. The van der Waals surface area contributed by atoms with Crippen LogP contribution in [0.5, 0.6) is 0 Å². The van der Waals surface area contributed by atoms with Gasteiger partial charge in [0.15, 0.2) is 0 Å². The number of rotatable bonds is 5. The van der Waals surface area contributed by atoms with Crippen LogP contribution in [0, 0.1) is 5.41 Å². The third kappa shape index (κ3) is 5.67. The van der Waals surface area contributed by atoms with Crippen molar-refractivity contribution in [1.29, 1.82) is 0 Å². The number of amides is 2. The molecule has 0 heterocycles. The molecule has 1 atom stereocenters. The van der Waals surface area contributed by atoms with E-state index in [0.29, 0.717) is 12.2 Å². The quantitative estimate of drug-likeness (QED) is 0.876. The second-order valence-corrected chi connectivity index (χ2v) is 7.27. The topological polar surface area (TPSA) is 75.4 Å². The largest absolute Gasteiger partial charge is 0.336 e. The highest BCUT2D eigenvalue weighted by atomic mass is 16.2. The van der Waals surface area contributed by atoms with Crippen LogP contribution in [0.15, 0.2) is 24.3 Å². The van der Waals surface area contributed by atoms with E-state index in [9.17, 15) is 9.59 Å². The summed E-state index contributed by atoms with van der Waals surface area (Å²) in [7, 11) is 0. The fourth-order valence-electron chi connectivity index (χ4n) is 2.16. The number of hydrogen-bond acceptors (Lipinski definition) is 3. The van der Waals surface area contributed by atoms with E-state index >= 15 is 0 Å². The van der Waals surface area contributed by atoms with Gasteiger partial charge in [0.25, 0.3) is 0 Å². The molecule has 3 N–H and O–H groups in total. The minimum atomic E-state index is -0.573. The Morgan fingerprint density at radius 1 is 1.17 bits per heavy atom. The second-order valence-electron chi connectivity index (χ2n) is 7.27. The maximum atomic E-state index is 12.1. The average Bonchev–Trinajstić information content (AvgIpc) is 2.43. The van der Waals surface area contributed by atoms with Gasteiger partial charge in [-0.1, -0.05) is 32.9 Å². The standard InChI is InChI=1S/C18H29N3O2/c1-12(2)21(13(3)22)11-14-7-9-15(10-8-14)20-17(23)16(19)18(4,5)6/h7-10,12,16H,11,19H2,1-6H3,(H,20,23)/t16-/m1/s1. The molecule has 0 aromatic heterocycles. The molecule has 0 unspecified atom stereocenters. The Labute approximate surface area is 139 Å². The normalized spacial score (nSPS) is 12.9. The molecule has 1 aromatic carbocycles. The number of benzene rings is 1. The van der Waals surface area contributed by atoms with Gasteiger partial charge >= 0.3 is 0 Å². The van der Waals surface area contributed by atoms with Crippen molar-refractivity contribution in [2.24, 2.45) is 11.1 Å². The first kappa shape index (κ1) is 19.2. The Kier molecular flexibility index (Phi) is 6.33. The third-order valence-corrected chi connectivity index (χ3v) is 3.82. The van der Waals surface area contributed by atoms with E-state index in [1.54, 1.807) is 11.8 Å². The summed E-state index contributed by atoms with van der Waals surface area (Å²) in [6, 6.07) is 7.07. The third-order valence-electron chi connectivity index (χ3n) is 3.82. The Bertz CT molecular complexity index is 544. The van der Waals surface area contributed by atoms with Crippen molar-refractivity contribution in [1.82, 2.24) is 4.90 Å². The lowest BCUT2D eigenvalue weighted by atomic mass is 9.87. The van der Waals surface area contributed by atoms with Gasteiger partial charge in [0, 0.05) is 25.2 Å². The summed E-state index contributed by atoms with van der Waals surface area (Å²) in [6.07, 6.45) is 0. The van der Waals surface area contributed by atoms with Crippen LogP contribution in [0.4, 0.5) is 5.69 Å². The number of carbonyl (C=O) groups is 2. The summed E-state index contributed by atoms with van der Waals surface area (Å²) in [6.45, 7) is 11.9. The molecule has 0 aliphatic rings. The Hall–Kier alpha value is -1.88. The first-order chi connectivity index (χ1) is 10.5. The molecular weight excluding hydrogens is 290 g/mol. The molecule has 0 spiro atoms. The molecule has 1 rings (SSSR count). The van der Waals surface area contributed by atoms with Gasteiger partial charge in [0.05, 0.1) is 6.04 Å². The van der Waals surface area contributed by atoms with Gasteiger partial charge in [-0.05, 0) is 37.0 Å². The number of nitrogens with one attached hydrogen (secondary N) is 1. The van der Waals surface area contributed by atoms with Crippen LogP contribution < -0.4 is 11.1 Å². The van der Waals surface area contributed by atoms with Gasteiger partial charge in [-0.25, -0.2) is 0 Å². The monoisotopic (exact) mass is 319 g/mol. The molecule has 0 aliphatic carbocycles. The van der Waals surface area contributed by atoms with Crippen molar-refractivity contribution in [3.63, 3.8) is 0 Å². The van der Waals surface area contributed by atoms with Crippen molar-refractivity contribution in [3.05, 3.63) is 29.8 Å². The zero-order chi connectivity index (χ0) is 17.8.